The Bertz CT molecular complexity index is 283. The summed E-state index contributed by atoms with van der Waals surface area (Å²) in [5, 5.41) is 4.54. The van der Waals surface area contributed by atoms with Crippen molar-refractivity contribution in [2.24, 2.45) is 5.92 Å². The van der Waals surface area contributed by atoms with Crippen LogP contribution in [0, 0.1) is 5.92 Å². The predicted molar refractivity (Wildman–Crippen MR) is 56.1 cm³/mol. The van der Waals surface area contributed by atoms with E-state index in [1.54, 1.807) is 17.5 Å². The average molecular weight is 217 g/mol. The summed E-state index contributed by atoms with van der Waals surface area (Å²) >= 11 is 7.33. The topological polar surface area (TPSA) is 24.9 Å². The van der Waals surface area contributed by atoms with E-state index in [1.807, 2.05) is 0 Å². The molecule has 1 heterocycles. The minimum absolute atomic E-state index is 0.627. The summed E-state index contributed by atoms with van der Waals surface area (Å²) in [6.45, 7) is 3.10. The molecule has 1 aromatic rings. The van der Waals surface area contributed by atoms with Crippen molar-refractivity contribution < 1.29 is 0 Å². The first-order valence-corrected chi connectivity index (χ1v) is 5.79. The van der Waals surface area contributed by atoms with Crippen molar-refractivity contribution in [1.29, 1.82) is 0 Å². The Hall–Kier alpha value is -0.120. The number of rotatable bonds is 4. The van der Waals surface area contributed by atoms with Crippen molar-refractivity contribution in [2.75, 3.05) is 0 Å². The SMILES string of the molecule is CC(NCc1ncc(Cl)s1)C1CC1. The fourth-order valence-electron chi connectivity index (χ4n) is 1.38. The molecule has 2 rings (SSSR count). The van der Waals surface area contributed by atoms with Gasteiger partial charge in [0.1, 0.15) is 9.34 Å². The summed E-state index contributed by atoms with van der Waals surface area (Å²) in [6.07, 6.45) is 4.48. The van der Waals surface area contributed by atoms with E-state index < -0.39 is 0 Å². The number of thiazole rings is 1. The van der Waals surface area contributed by atoms with Crippen LogP contribution >= 0.6 is 22.9 Å². The van der Waals surface area contributed by atoms with E-state index in [0.29, 0.717) is 6.04 Å². The van der Waals surface area contributed by atoms with Gasteiger partial charge in [0, 0.05) is 12.6 Å². The van der Waals surface area contributed by atoms with Gasteiger partial charge in [0.05, 0.1) is 6.20 Å². The van der Waals surface area contributed by atoms with Gasteiger partial charge in [0.2, 0.25) is 0 Å². The van der Waals surface area contributed by atoms with Gasteiger partial charge < -0.3 is 5.32 Å². The second-order valence-corrected chi connectivity index (χ2v) is 5.31. The zero-order chi connectivity index (χ0) is 9.26. The van der Waals surface area contributed by atoms with E-state index in [0.717, 1.165) is 21.8 Å². The zero-order valence-corrected chi connectivity index (χ0v) is 9.16. The maximum Gasteiger partial charge on any atom is 0.113 e. The summed E-state index contributed by atoms with van der Waals surface area (Å²) in [5.74, 6) is 0.899. The van der Waals surface area contributed by atoms with Gasteiger partial charge in [0.25, 0.3) is 0 Å². The molecule has 0 aromatic carbocycles. The lowest BCUT2D eigenvalue weighted by molar-refractivity contribution is 0.495. The normalized spacial score (nSPS) is 18.9. The average Bonchev–Trinajstić information content (AvgIpc) is 2.87. The molecule has 0 aliphatic heterocycles. The summed E-state index contributed by atoms with van der Waals surface area (Å²) in [6, 6.07) is 0.627. The van der Waals surface area contributed by atoms with E-state index in [9.17, 15) is 0 Å². The first-order chi connectivity index (χ1) is 6.25. The van der Waals surface area contributed by atoms with Gasteiger partial charge in [-0.05, 0) is 25.7 Å². The molecular formula is C9H13ClN2S. The molecule has 1 saturated carbocycles. The Morgan fingerprint density at radius 3 is 3.08 bits per heavy atom. The van der Waals surface area contributed by atoms with E-state index in [2.05, 4.69) is 17.2 Å². The van der Waals surface area contributed by atoms with E-state index in [-0.39, 0.29) is 0 Å². The quantitative estimate of drug-likeness (QED) is 0.837. The third kappa shape index (κ3) is 2.66. The van der Waals surface area contributed by atoms with Crippen molar-refractivity contribution in [2.45, 2.75) is 32.4 Å². The van der Waals surface area contributed by atoms with Crippen molar-refractivity contribution >= 4 is 22.9 Å². The molecule has 1 aliphatic carbocycles. The Labute approximate surface area is 87.3 Å². The highest BCUT2D eigenvalue weighted by Crippen LogP contribution is 2.32. The molecule has 1 N–H and O–H groups in total. The molecule has 0 radical (unpaired) electrons. The van der Waals surface area contributed by atoms with Gasteiger partial charge in [-0.25, -0.2) is 4.98 Å². The Morgan fingerprint density at radius 1 is 1.77 bits per heavy atom. The van der Waals surface area contributed by atoms with E-state index >= 15 is 0 Å². The van der Waals surface area contributed by atoms with Crippen LogP contribution in [0.2, 0.25) is 4.34 Å². The molecule has 0 spiro atoms. The lowest BCUT2D eigenvalue weighted by atomic mass is 10.2. The summed E-state index contributed by atoms with van der Waals surface area (Å²) < 4.78 is 0.774. The molecule has 2 nitrogen and oxygen atoms in total. The van der Waals surface area contributed by atoms with Crippen LogP contribution in [0.15, 0.2) is 6.20 Å². The molecular weight excluding hydrogens is 204 g/mol. The van der Waals surface area contributed by atoms with Crippen LogP contribution in [-0.4, -0.2) is 11.0 Å². The van der Waals surface area contributed by atoms with E-state index in [4.69, 9.17) is 11.6 Å². The van der Waals surface area contributed by atoms with Crippen LogP contribution < -0.4 is 5.32 Å². The second kappa shape index (κ2) is 3.95. The summed E-state index contributed by atoms with van der Waals surface area (Å²) in [7, 11) is 0. The standard InChI is InChI=1S/C9H13ClN2S/c1-6(7-2-3-7)11-5-9-12-4-8(10)13-9/h4,6-7,11H,2-3,5H2,1H3. The van der Waals surface area contributed by atoms with Gasteiger partial charge in [-0.1, -0.05) is 11.6 Å². The first-order valence-electron chi connectivity index (χ1n) is 4.59. The number of hydrogen-bond donors (Lipinski definition) is 1. The number of nitrogens with zero attached hydrogens (tertiary/aromatic N) is 1. The van der Waals surface area contributed by atoms with E-state index in [1.165, 1.54) is 12.8 Å². The maximum absolute atomic E-state index is 5.78. The fourth-order valence-corrected chi connectivity index (χ4v) is 2.29. The van der Waals surface area contributed by atoms with Crippen LogP contribution in [0.4, 0.5) is 0 Å². The van der Waals surface area contributed by atoms with Gasteiger partial charge in [0.15, 0.2) is 0 Å². The molecule has 0 amide bonds. The van der Waals surface area contributed by atoms with Crippen LogP contribution in [0.25, 0.3) is 0 Å². The molecule has 1 atom stereocenters. The molecule has 4 heteroatoms. The zero-order valence-electron chi connectivity index (χ0n) is 7.59. The largest absolute Gasteiger partial charge is 0.308 e. The molecule has 1 unspecified atom stereocenters. The second-order valence-electron chi connectivity index (χ2n) is 3.57. The monoisotopic (exact) mass is 216 g/mol. The number of halogens is 1. The highest BCUT2D eigenvalue weighted by atomic mass is 35.5. The van der Waals surface area contributed by atoms with Crippen LogP contribution in [0.3, 0.4) is 0 Å². The minimum Gasteiger partial charge on any atom is -0.308 e. The lowest BCUT2D eigenvalue weighted by Gasteiger charge is -2.10. The molecule has 72 valence electrons. The minimum atomic E-state index is 0.627. The lowest BCUT2D eigenvalue weighted by Crippen LogP contribution is -2.27. The van der Waals surface area contributed by atoms with Crippen molar-refractivity contribution in [3.63, 3.8) is 0 Å². The third-order valence-corrected chi connectivity index (χ3v) is 3.54. The predicted octanol–water partition coefficient (Wildman–Crippen LogP) is 2.68. The summed E-state index contributed by atoms with van der Waals surface area (Å²) in [4.78, 5) is 4.19. The molecule has 0 bridgehead atoms. The molecule has 1 aliphatic rings. The van der Waals surface area contributed by atoms with Gasteiger partial charge >= 0.3 is 0 Å². The third-order valence-electron chi connectivity index (χ3n) is 2.43. The van der Waals surface area contributed by atoms with Crippen LogP contribution in [0.1, 0.15) is 24.8 Å². The van der Waals surface area contributed by atoms with Gasteiger partial charge in [-0.3, -0.25) is 0 Å². The van der Waals surface area contributed by atoms with Crippen molar-refractivity contribution in [3.05, 3.63) is 15.5 Å². The smallest absolute Gasteiger partial charge is 0.113 e. The number of nitrogens with one attached hydrogen (secondary N) is 1. The van der Waals surface area contributed by atoms with Crippen molar-refractivity contribution in [3.8, 4) is 0 Å². The van der Waals surface area contributed by atoms with Crippen molar-refractivity contribution in [1.82, 2.24) is 10.3 Å². The van der Waals surface area contributed by atoms with Gasteiger partial charge in [-0.2, -0.15) is 0 Å². The first kappa shape index (κ1) is 9.44. The number of aromatic nitrogens is 1. The number of hydrogen-bond acceptors (Lipinski definition) is 3. The molecule has 13 heavy (non-hydrogen) atoms. The Kier molecular flexibility index (Phi) is 2.86. The highest BCUT2D eigenvalue weighted by molar-refractivity contribution is 7.15. The fraction of sp³-hybridized carbons (Fsp3) is 0.667. The Balaban J connectivity index is 1.78. The van der Waals surface area contributed by atoms with Crippen LogP contribution in [-0.2, 0) is 6.54 Å². The molecule has 1 fully saturated rings. The highest BCUT2D eigenvalue weighted by Gasteiger charge is 2.27. The summed E-state index contributed by atoms with van der Waals surface area (Å²) in [5.41, 5.74) is 0. The Morgan fingerprint density at radius 2 is 2.54 bits per heavy atom. The molecule has 0 saturated heterocycles. The van der Waals surface area contributed by atoms with Crippen LogP contribution in [0.5, 0.6) is 0 Å². The maximum atomic E-state index is 5.78. The molecule has 1 aromatic heterocycles. The van der Waals surface area contributed by atoms with Gasteiger partial charge in [-0.15, -0.1) is 11.3 Å².